The predicted molar refractivity (Wildman–Crippen MR) is 96.9 cm³/mol. The second kappa shape index (κ2) is 7.05. The molecule has 1 amide bonds. The minimum Gasteiger partial charge on any atom is -0.390 e. The number of aliphatic hydroxyl groups is 1. The van der Waals surface area contributed by atoms with Gasteiger partial charge in [-0.05, 0) is 34.7 Å². The summed E-state index contributed by atoms with van der Waals surface area (Å²) in [5, 5.41) is 15.1. The molecule has 2 saturated heterocycles. The summed E-state index contributed by atoms with van der Waals surface area (Å²) in [4.78, 5) is 19.5. The molecule has 25 heavy (non-hydrogen) atoms. The van der Waals surface area contributed by atoms with E-state index in [9.17, 15) is 9.90 Å². The van der Waals surface area contributed by atoms with E-state index in [0.29, 0.717) is 18.7 Å². The fraction of sp³-hybridized carbons (Fsp3) is 0.778. The van der Waals surface area contributed by atoms with Crippen molar-refractivity contribution >= 4 is 5.91 Å². The molecule has 2 fully saturated rings. The van der Waals surface area contributed by atoms with Gasteiger partial charge < -0.3 is 14.9 Å². The fourth-order valence-corrected chi connectivity index (χ4v) is 4.08. The Morgan fingerprint density at radius 1 is 1.16 bits per heavy atom. The van der Waals surface area contributed by atoms with Gasteiger partial charge in [-0.15, -0.1) is 0 Å². The Morgan fingerprint density at radius 3 is 2.36 bits per heavy atom. The molecule has 7 heteroatoms. The molecule has 0 radical (unpaired) electrons. The van der Waals surface area contributed by atoms with Crippen molar-refractivity contribution in [3.05, 3.63) is 17.0 Å². The van der Waals surface area contributed by atoms with E-state index >= 15 is 0 Å². The zero-order valence-corrected chi connectivity index (χ0v) is 16.1. The van der Waals surface area contributed by atoms with Crippen LogP contribution in [0.5, 0.6) is 0 Å². The highest BCUT2D eigenvalue weighted by atomic mass is 16.3. The zero-order chi connectivity index (χ0) is 18.3. The molecule has 0 aromatic carbocycles. The molecular formula is C18H31N5O2. The van der Waals surface area contributed by atoms with Crippen LogP contribution in [0.4, 0.5) is 0 Å². The van der Waals surface area contributed by atoms with Gasteiger partial charge >= 0.3 is 0 Å². The maximum absolute atomic E-state index is 13.1. The zero-order valence-electron chi connectivity index (χ0n) is 16.1. The first kappa shape index (κ1) is 18.4. The molecule has 0 bridgehead atoms. The van der Waals surface area contributed by atoms with Crippen LogP contribution >= 0.6 is 0 Å². The van der Waals surface area contributed by atoms with E-state index in [1.54, 1.807) is 4.90 Å². The maximum atomic E-state index is 13.1. The number of aromatic nitrogens is 2. The number of nitrogens with zero attached hydrogens (tertiary/aromatic N) is 5. The van der Waals surface area contributed by atoms with Gasteiger partial charge in [-0.2, -0.15) is 5.10 Å². The number of rotatable bonds is 3. The fourth-order valence-electron chi connectivity index (χ4n) is 4.08. The number of aryl methyl sites for hydroxylation is 1. The SMILES string of the molecule is Cc1nn(C(C)C)c(C)c1C(=O)N1C[C@H](O)[C@@H](N2CCN(C)CC2)C1. The molecule has 3 heterocycles. The van der Waals surface area contributed by atoms with E-state index < -0.39 is 6.10 Å². The Balaban J connectivity index is 1.74. The second-order valence-corrected chi connectivity index (χ2v) is 7.77. The van der Waals surface area contributed by atoms with Crippen LogP contribution in [-0.4, -0.2) is 94.0 Å². The summed E-state index contributed by atoms with van der Waals surface area (Å²) < 4.78 is 1.91. The Labute approximate surface area is 150 Å². The Hall–Kier alpha value is -1.44. The van der Waals surface area contributed by atoms with Crippen molar-refractivity contribution in [3.8, 4) is 0 Å². The molecule has 1 aromatic heterocycles. The average Bonchev–Trinajstić information content (AvgIpc) is 3.08. The van der Waals surface area contributed by atoms with Gasteiger partial charge in [0.15, 0.2) is 0 Å². The van der Waals surface area contributed by atoms with Crippen molar-refractivity contribution in [2.75, 3.05) is 46.3 Å². The molecule has 7 nitrogen and oxygen atoms in total. The molecule has 1 aromatic rings. The second-order valence-electron chi connectivity index (χ2n) is 7.77. The minimum atomic E-state index is -0.479. The van der Waals surface area contributed by atoms with Crippen molar-refractivity contribution in [2.45, 2.75) is 45.9 Å². The van der Waals surface area contributed by atoms with Gasteiger partial charge in [0.05, 0.1) is 23.4 Å². The lowest BCUT2D eigenvalue weighted by atomic mass is 10.1. The average molecular weight is 349 g/mol. The van der Waals surface area contributed by atoms with Crippen LogP contribution in [0.2, 0.25) is 0 Å². The molecule has 2 aliphatic heterocycles. The van der Waals surface area contributed by atoms with Crippen molar-refractivity contribution in [3.63, 3.8) is 0 Å². The number of carbonyl (C=O) groups is 1. The summed E-state index contributed by atoms with van der Waals surface area (Å²) in [7, 11) is 2.12. The molecule has 140 valence electrons. The first-order valence-corrected chi connectivity index (χ1v) is 9.25. The number of hydrogen-bond donors (Lipinski definition) is 1. The van der Waals surface area contributed by atoms with Gasteiger partial charge in [0.1, 0.15) is 0 Å². The van der Waals surface area contributed by atoms with Gasteiger partial charge in [-0.1, -0.05) is 0 Å². The smallest absolute Gasteiger partial charge is 0.257 e. The molecule has 1 N–H and O–H groups in total. The quantitative estimate of drug-likeness (QED) is 0.862. The molecule has 0 saturated carbocycles. The highest BCUT2D eigenvalue weighted by Crippen LogP contribution is 2.24. The molecular weight excluding hydrogens is 318 g/mol. The summed E-state index contributed by atoms with van der Waals surface area (Å²) in [6.45, 7) is 12.9. The third-order valence-corrected chi connectivity index (χ3v) is 5.58. The number of amides is 1. The van der Waals surface area contributed by atoms with Crippen LogP contribution in [0.1, 0.15) is 41.6 Å². The van der Waals surface area contributed by atoms with Crippen LogP contribution in [0, 0.1) is 13.8 Å². The number of piperazine rings is 1. The first-order valence-electron chi connectivity index (χ1n) is 9.25. The Morgan fingerprint density at radius 2 is 1.80 bits per heavy atom. The molecule has 0 unspecified atom stereocenters. The first-order chi connectivity index (χ1) is 11.8. The van der Waals surface area contributed by atoms with Gasteiger partial charge in [-0.25, -0.2) is 0 Å². The van der Waals surface area contributed by atoms with Gasteiger partial charge in [0.25, 0.3) is 5.91 Å². The lowest BCUT2D eigenvalue weighted by Gasteiger charge is -2.37. The minimum absolute atomic E-state index is 0.00224. The molecule has 0 spiro atoms. The van der Waals surface area contributed by atoms with Crippen molar-refractivity contribution in [1.82, 2.24) is 24.5 Å². The number of likely N-dealkylation sites (tertiary alicyclic amines) is 1. The lowest BCUT2D eigenvalue weighted by molar-refractivity contribution is 0.0512. The van der Waals surface area contributed by atoms with Gasteiger partial charge in [0, 0.05) is 51.0 Å². The predicted octanol–water partition coefficient (Wildman–Crippen LogP) is 0.514. The monoisotopic (exact) mass is 349 g/mol. The van der Waals surface area contributed by atoms with Crippen LogP contribution in [-0.2, 0) is 0 Å². The lowest BCUT2D eigenvalue weighted by Crippen LogP contribution is -2.52. The van der Waals surface area contributed by atoms with Crippen molar-refractivity contribution < 1.29 is 9.90 Å². The summed E-state index contributed by atoms with van der Waals surface area (Å²) >= 11 is 0. The normalized spacial score (nSPS) is 26.0. The molecule has 2 atom stereocenters. The van der Waals surface area contributed by atoms with Crippen molar-refractivity contribution in [2.24, 2.45) is 0 Å². The van der Waals surface area contributed by atoms with Crippen LogP contribution in [0.3, 0.4) is 0 Å². The van der Waals surface area contributed by atoms with Crippen LogP contribution < -0.4 is 0 Å². The third kappa shape index (κ3) is 3.45. The number of aliphatic hydroxyl groups excluding tert-OH is 1. The van der Waals surface area contributed by atoms with Gasteiger partial charge in [0.2, 0.25) is 0 Å². The van der Waals surface area contributed by atoms with Crippen LogP contribution in [0.25, 0.3) is 0 Å². The van der Waals surface area contributed by atoms with E-state index in [2.05, 4.69) is 35.8 Å². The summed E-state index contributed by atoms with van der Waals surface area (Å²) in [6.07, 6.45) is -0.479. The Bertz CT molecular complexity index is 634. The van der Waals surface area contributed by atoms with E-state index in [4.69, 9.17) is 0 Å². The molecule has 2 aliphatic rings. The number of hydrogen-bond acceptors (Lipinski definition) is 5. The number of β-amino-alcohol motifs (C(OH)–C–C–N with tert-alkyl or cyclic N) is 1. The highest BCUT2D eigenvalue weighted by molar-refractivity contribution is 5.96. The maximum Gasteiger partial charge on any atom is 0.257 e. The molecule has 3 rings (SSSR count). The van der Waals surface area contributed by atoms with E-state index in [1.807, 2.05) is 18.5 Å². The summed E-state index contributed by atoms with van der Waals surface area (Å²) in [5.41, 5.74) is 2.38. The van der Waals surface area contributed by atoms with E-state index in [-0.39, 0.29) is 18.0 Å². The number of likely N-dealkylation sites (N-methyl/N-ethyl adjacent to an activating group) is 1. The Kier molecular flexibility index (Phi) is 5.18. The number of carbonyl (C=O) groups excluding carboxylic acids is 1. The van der Waals surface area contributed by atoms with Gasteiger partial charge in [-0.3, -0.25) is 14.4 Å². The standard InChI is InChI=1S/C18H31N5O2/c1-12(2)23-14(4)17(13(3)19-23)18(25)22-10-15(16(24)11-22)21-8-6-20(5)7-9-21/h12,15-16,24H,6-11H2,1-5H3/t15-,16-/m0/s1. The van der Waals surface area contributed by atoms with Crippen LogP contribution in [0.15, 0.2) is 0 Å². The summed E-state index contributed by atoms with van der Waals surface area (Å²) in [5.74, 6) is -0.00224. The highest BCUT2D eigenvalue weighted by Gasteiger charge is 2.39. The van der Waals surface area contributed by atoms with E-state index in [1.165, 1.54) is 0 Å². The topological polar surface area (TPSA) is 64.8 Å². The summed E-state index contributed by atoms with van der Waals surface area (Å²) in [6, 6.07) is 0.265. The third-order valence-electron chi connectivity index (χ3n) is 5.58. The van der Waals surface area contributed by atoms with E-state index in [0.717, 1.165) is 37.6 Å². The van der Waals surface area contributed by atoms with Crippen molar-refractivity contribution in [1.29, 1.82) is 0 Å². The molecule has 0 aliphatic carbocycles. The largest absolute Gasteiger partial charge is 0.390 e.